The summed E-state index contributed by atoms with van der Waals surface area (Å²) in [5.74, 6) is -0.297. The topological polar surface area (TPSA) is 85.3 Å². The first-order chi connectivity index (χ1) is 12.4. The zero-order chi connectivity index (χ0) is 18.4. The molecule has 1 N–H and O–H groups in total. The number of carbonyl (C=O) groups is 1. The summed E-state index contributed by atoms with van der Waals surface area (Å²) >= 11 is 1.39. The molecule has 26 heavy (non-hydrogen) atoms. The summed E-state index contributed by atoms with van der Waals surface area (Å²) in [6, 6.07) is 3.65. The normalized spacial score (nSPS) is 11.3. The molecule has 0 aliphatic rings. The van der Waals surface area contributed by atoms with Crippen molar-refractivity contribution in [2.45, 2.75) is 27.2 Å². The van der Waals surface area contributed by atoms with Crippen molar-refractivity contribution in [1.82, 2.24) is 4.98 Å². The molecule has 0 spiro atoms. The predicted molar refractivity (Wildman–Crippen MR) is 101 cm³/mol. The number of furan rings is 1. The molecule has 1 aromatic carbocycles. The Morgan fingerprint density at radius 2 is 2.00 bits per heavy atom. The molecule has 0 unspecified atom stereocenters. The molecule has 132 valence electrons. The largest absolute Gasteiger partial charge is 0.464 e. The molecule has 0 fully saturated rings. The van der Waals surface area contributed by atoms with Gasteiger partial charge in [0, 0.05) is 27.9 Å². The van der Waals surface area contributed by atoms with Gasteiger partial charge < -0.3 is 14.2 Å². The van der Waals surface area contributed by atoms with Crippen LogP contribution >= 0.6 is 11.3 Å². The third kappa shape index (κ3) is 2.80. The van der Waals surface area contributed by atoms with Crippen molar-refractivity contribution in [2.24, 2.45) is 0 Å². The number of nitrogens with one attached hydrogen (secondary N) is 1. The first kappa shape index (κ1) is 16.5. The lowest BCUT2D eigenvalue weighted by molar-refractivity contribution is -0.115. The molecule has 3 aromatic heterocycles. The minimum atomic E-state index is -0.511. The summed E-state index contributed by atoms with van der Waals surface area (Å²) in [6.45, 7) is 5.70. The average molecular weight is 368 g/mol. The number of aromatic nitrogens is 1. The van der Waals surface area contributed by atoms with E-state index in [2.05, 4.69) is 10.3 Å². The number of fused-ring (bicyclic) bond motifs is 2. The molecule has 0 saturated heterocycles. The van der Waals surface area contributed by atoms with Gasteiger partial charge in [-0.15, -0.1) is 11.3 Å². The van der Waals surface area contributed by atoms with E-state index in [1.54, 1.807) is 18.5 Å². The van der Waals surface area contributed by atoms with E-state index in [1.807, 2.05) is 26.8 Å². The molecule has 0 bridgehead atoms. The highest BCUT2D eigenvalue weighted by molar-refractivity contribution is 7.15. The minimum Gasteiger partial charge on any atom is -0.464 e. The van der Waals surface area contributed by atoms with E-state index in [9.17, 15) is 9.59 Å². The van der Waals surface area contributed by atoms with Crippen LogP contribution in [0.15, 0.2) is 38.2 Å². The second kappa shape index (κ2) is 6.10. The van der Waals surface area contributed by atoms with Gasteiger partial charge in [-0.3, -0.25) is 4.79 Å². The van der Waals surface area contributed by atoms with Crippen LogP contribution in [0.4, 0.5) is 5.13 Å². The Morgan fingerprint density at radius 3 is 2.73 bits per heavy atom. The van der Waals surface area contributed by atoms with Gasteiger partial charge in [-0.05, 0) is 38.0 Å². The second-order valence-electron chi connectivity index (χ2n) is 6.26. The molecule has 0 aliphatic carbocycles. The zero-order valence-electron chi connectivity index (χ0n) is 14.5. The number of amides is 1. The molecule has 0 aliphatic heterocycles. The van der Waals surface area contributed by atoms with Gasteiger partial charge in [0.15, 0.2) is 5.13 Å². The SMILES string of the molecule is Cc1cnc(NC(=O)Cc2c(C)c3cc4c(C)coc4cc3oc2=O)s1. The van der Waals surface area contributed by atoms with Crippen molar-refractivity contribution in [1.29, 1.82) is 0 Å². The summed E-state index contributed by atoms with van der Waals surface area (Å²) in [4.78, 5) is 29.8. The van der Waals surface area contributed by atoms with E-state index in [1.165, 1.54) is 11.3 Å². The lowest BCUT2D eigenvalue weighted by Crippen LogP contribution is -2.20. The fourth-order valence-electron chi connectivity index (χ4n) is 2.98. The quantitative estimate of drug-likeness (QED) is 0.550. The zero-order valence-corrected chi connectivity index (χ0v) is 15.3. The predicted octanol–water partition coefficient (Wildman–Crippen LogP) is 4.10. The van der Waals surface area contributed by atoms with Crippen molar-refractivity contribution in [3.8, 4) is 0 Å². The number of rotatable bonds is 3. The Labute approximate surface area is 152 Å². The van der Waals surface area contributed by atoms with Crippen LogP contribution in [0, 0.1) is 20.8 Å². The summed E-state index contributed by atoms with van der Waals surface area (Å²) < 4.78 is 10.9. The van der Waals surface area contributed by atoms with Crippen LogP contribution in [0.1, 0.15) is 21.6 Å². The third-order valence-corrected chi connectivity index (χ3v) is 5.21. The van der Waals surface area contributed by atoms with Crippen molar-refractivity contribution >= 4 is 44.3 Å². The maximum atomic E-state index is 12.4. The Kier molecular flexibility index (Phi) is 3.88. The molecule has 0 radical (unpaired) electrons. The highest BCUT2D eigenvalue weighted by atomic mass is 32.1. The van der Waals surface area contributed by atoms with Crippen LogP contribution in [-0.2, 0) is 11.2 Å². The van der Waals surface area contributed by atoms with Crippen LogP contribution in [0.2, 0.25) is 0 Å². The lowest BCUT2D eigenvalue weighted by atomic mass is 10.0. The van der Waals surface area contributed by atoms with Gasteiger partial charge in [0.2, 0.25) is 5.91 Å². The number of carbonyl (C=O) groups excluding carboxylic acids is 1. The molecular formula is C19H16N2O4S. The maximum absolute atomic E-state index is 12.4. The van der Waals surface area contributed by atoms with E-state index >= 15 is 0 Å². The molecule has 7 heteroatoms. The number of aryl methyl sites for hydroxylation is 3. The van der Waals surface area contributed by atoms with E-state index in [0.29, 0.717) is 21.9 Å². The Hall–Kier alpha value is -2.93. The fourth-order valence-corrected chi connectivity index (χ4v) is 3.66. The maximum Gasteiger partial charge on any atom is 0.340 e. The number of nitrogens with zero attached hydrogens (tertiary/aromatic N) is 1. The molecular weight excluding hydrogens is 352 g/mol. The van der Waals surface area contributed by atoms with Crippen LogP contribution in [0.25, 0.3) is 21.9 Å². The van der Waals surface area contributed by atoms with Gasteiger partial charge in [0.1, 0.15) is 11.2 Å². The average Bonchev–Trinajstić information content (AvgIpc) is 3.16. The van der Waals surface area contributed by atoms with Gasteiger partial charge in [-0.25, -0.2) is 9.78 Å². The highest BCUT2D eigenvalue weighted by Gasteiger charge is 2.17. The molecule has 0 atom stereocenters. The second-order valence-corrected chi connectivity index (χ2v) is 7.49. The summed E-state index contributed by atoms with van der Waals surface area (Å²) in [5, 5.41) is 5.00. The van der Waals surface area contributed by atoms with Crippen LogP contribution in [0.5, 0.6) is 0 Å². The van der Waals surface area contributed by atoms with Gasteiger partial charge >= 0.3 is 5.63 Å². The van der Waals surface area contributed by atoms with Crippen LogP contribution < -0.4 is 10.9 Å². The van der Waals surface area contributed by atoms with E-state index < -0.39 is 5.63 Å². The highest BCUT2D eigenvalue weighted by Crippen LogP contribution is 2.29. The molecule has 4 aromatic rings. The fraction of sp³-hybridized carbons (Fsp3) is 0.211. The monoisotopic (exact) mass is 368 g/mol. The van der Waals surface area contributed by atoms with Crippen LogP contribution in [0.3, 0.4) is 0 Å². The summed E-state index contributed by atoms with van der Waals surface area (Å²) in [7, 11) is 0. The number of hydrogen-bond donors (Lipinski definition) is 1. The van der Waals surface area contributed by atoms with Crippen molar-refractivity contribution in [2.75, 3.05) is 5.32 Å². The van der Waals surface area contributed by atoms with Gasteiger partial charge in [-0.2, -0.15) is 0 Å². The molecule has 3 heterocycles. The first-order valence-corrected chi connectivity index (χ1v) is 8.90. The van der Waals surface area contributed by atoms with Crippen molar-refractivity contribution in [3.05, 3.63) is 56.6 Å². The molecule has 0 saturated carbocycles. The summed E-state index contributed by atoms with van der Waals surface area (Å²) in [6.07, 6.45) is 3.29. The molecule has 4 rings (SSSR count). The van der Waals surface area contributed by atoms with E-state index in [0.717, 1.165) is 26.8 Å². The number of anilines is 1. The van der Waals surface area contributed by atoms with Crippen molar-refractivity contribution < 1.29 is 13.6 Å². The first-order valence-electron chi connectivity index (χ1n) is 8.09. The Balaban J connectivity index is 1.74. The Morgan fingerprint density at radius 1 is 1.19 bits per heavy atom. The Bertz CT molecular complexity index is 1220. The van der Waals surface area contributed by atoms with Gasteiger partial charge in [-0.1, -0.05) is 0 Å². The van der Waals surface area contributed by atoms with Gasteiger partial charge in [0.25, 0.3) is 0 Å². The van der Waals surface area contributed by atoms with Crippen molar-refractivity contribution in [3.63, 3.8) is 0 Å². The number of hydrogen-bond acceptors (Lipinski definition) is 6. The number of benzene rings is 1. The van der Waals surface area contributed by atoms with Gasteiger partial charge in [0.05, 0.1) is 18.2 Å². The molecule has 1 amide bonds. The van der Waals surface area contributed by atoms with E-state index in [4.69, 9.17) is 8.83 Å². The molecule has 6 nitrogen and oxygen atoms in total. The minimum absolute atomic E-state index is 0.0643. The third-order valence-electron chi connectivity index (χ3n) is 4.38. The van der Waals surface area contributed by atoms with Crippen LogP contribution in [-0.4, -0.2) is 10.9 Å². The summed E-state index contributed by atoms with van der Waals surface area (Å²) in [5.41, 5.74) is 2.71. The lowest BCUT2D eigenvalue weighted by Gasteiger charge is -2.08. The van der Waals surface area contributed by atoms with E-state index in [-0.39, 0.29) is 12.3 Å². The smallest absolute Gasteiger partial charge is 0.340 e. The standard InChI is InChI=1S/C19H16N2O4S/c1-9-8-24-15-6-16-13(4-12(9)15)11(3)14(18(23)25-16)5-17(22)21-19-20-7-10(2)26-19/h4,6-8H,5H2,1-3H3,(H,20,21,22). The number of thiazole rings is 1.